The van der Waals surface area contributed by atoms with Crippen molar-refractivity contribution in [1.29, 1.82) is 0 Å². The summed E-state index contributed by atoms with van der Waals surface area (Å²) >= 11 is 0. The van der Waals surface area contributed by atoms with Crippen LogP contribution in [0.3, 0.4) is 0 Å². The van der Waals surface area contributed by atoms with Gasteiger partial charge in [0.25, 0.3) is 0 Å². The van der Waals surface area contributed by atoms with Gasteiger partial charge in [0.15, 0.2) is 0 Å². The molecule has 0 bridgehead atoms. The SMILES string of the molecule is C=CCC1CCC(C(=O)O)CC1. The highest BCUT2D eigenvalue weighted by molar-refractivity contribution is 5.69. The molecule has 0 spiro atoms. The van der Waals surface area contributed by atoms with Gasteiger partial charge in [-0.15, -0.1) is 6.58 Å². The van der Waals surface area contributed by atoms with Crippen molar-refractivity contribution in [2.75, 3.05) is 0 Å². The maximum atomic E-state index is 10.6. The van der Waals surface area contributed by atoms with Gasteiger partial charge in [-0.25, -0.2) is 0 Å². The molecule has 0 heterocycles. The van der Waals surface area contributed by atoms with E-state index in [-0.39, 0.29) is 5.92 Å². The van der Waals surface area contributed by atoms with Gasteiger partial charge in [-0.3, -0.25) is 4.79 Å². The van der Waals surface area contributed by atoms with E-state index in [9.17, 15) is 4.79 Å². The number of carboxylic acid groups (broad SMARTS) is 1. The molecule has 0 unspecified atom stereocenters. The van der Waals surface area contributed by atoms with Crippen molar-refractivity contribution in [1.82, 2.24) is 0 Å². The molecule has 0 atom stereocenters. The third-order valence-corrected chi connectivity index (χ3v) is 2.70. The van der Waals surface area contributed by atoms with E-state index in [1.54, 1.807) is 0 Å². The van der Waals surface area contributed by atoms with Gasteiger partial charge in [-0.2, -0.15) is 0 Å². The Bertz CT molecular complexity index is 167. The highest BCUT2D eigenvalue weighted by Crippen LogP contribution is 2.30. The monoisotopic (exact) mass is 168 g/mol. The largest absolute Gasteiger partial charge is 0.481 e. The number of carbonyl (C=O) groups is 1. The minimum Gasteiger partial charge on any atom is -0.481 e. The van der Waals surface area contributed by atoms with Crippen LogP contribution >= 0.6 is 0 Å². The summed E-state index contributed by atoms with van der Waals surface area (Å²) in [7, 11) is 0. The van der Waals surface area contributed by atoms with Gasteiger partial charge >= 0.3 is 5.97 Å². The van der Waals surface area contributed by atoms with Crippen LogP contribution in [0.15, 0.2) is 12.7 Å². The fourth-order valence-corrected chi connectivity index (χ4v) is 1.88. The summed E-state index contributed by atoms with van der Waals surface area (Å²) in [5.41, 5.74) is 0. The molecule has 12 heavy (non-hydrogen) atoms. The number of hydrogen-bond acceptors (Lipinski definition) is 1. The number of carboxylic acids is 1. The third kappa shape index (κ3) is 2.36. The molecule has 1 aliphatic rings. The molecule has 1 saturated carbocycles. The average Bonchev–Trinajstić information content (AvgIpc) is 2.06. The molecular weight excluding hydrogens is 152 g/mol. The van der Waals surface area contributed by atoms with Crippen molar-refractivity contribution in [3.05, 3.63) is 12.7 Å². The highest BCUT2D eigenvalue weighted by Gasteiger charge is 2.24. The molecule has 0 aliphatic heterocycles. The second-order valence-corrected chi connectivity index (χ2v) is 3.58. The topological polar surface area (TPSA) is 37.3 Å². The van der Waals surface area contributed by atoms with Gasteiger partial charge < -0.3 is 5.11 Å². The molecule has 1 N–H and O–H groups in total. The lowest BCUT2D eigenvalue weighted by molar-refractivity contribution is -0.143. The van der Waals surface area contributed by atoms with Crippen LogP contribution in [0.1, 0.15) is 32.1 Å². The molecule has 0 saturated heterocycles. The van der Waals surface area contributed by atoms with Crippen LogP contribution in [0.5, 0.6) is 0 Å². The second-order valence-electron chi connectivity index (χ2n) is 3.58. The predicted octanol–water partition coefficient (Wildman–Crippen LogP) is 2.45. The van der Waals surface area contributed by atoms with E-state index in [4.69, 9.17) is 5.11 Å². The molecule has 0 aromatic carbocycles. The average molecular weight is 168 g/mol. The van der Waals surface area contributed by atoms with Gasteiger partial charge in [0.2, 0.25) is 0 Å². The Morgan fingerprint density at radius 2 is 2.00 bits per heavy atom. The van der Waals surface area contributed by atoms with Crippen molar-refractivity contribution in [3.63, 3.8) is 0 Å². The van der Waals surface area contributed by atoms with Crippen LogP contribution in [-0.4, -0.2) is 11.1 Å². The molecule has 0 aromatic heterocycles. The van der Waals surface area contributed by atoms with Crippen LogP contribution in [0, 0.1) is 11.8 Å². The molecule has 0 amide bonds. The Kier molecular flexibility index (Phi) is 3.32. The zero-order chi connectivity index (χ0) is 8.97. The van der Waals surface area contributed by atoms with Crippen molar-refractivity contribution >= 4 is 5.97 Å². The summed E-state index contributed by atoms with van der Waals surface area (Å²) in [5.74, 6) is -0.00350. The van der Waals surface area contributed by atoms with Gasteiger partial charge in [-0.1, -0.05) is 6.08 Å². The Morgan fingerprint density at radius 3 is 2.42 bits per heavy atom. The minimum absolute atomic E-state index is 0.0777. The van der Waals surface area contributed by atoms with Crippen LogP contribution in [0.2, 0.25) is 0 Å². The summed E-state index contributed by atoms with van der Waals surface area (Å²) in [4.78, 5) is 10.6. The van der Waals surface area contributed by atoms with E-state index in [0.717, 1.165) is 32.1 Å². The Morgan fingerprint density at radius 1 is 1.42 bits per heavy atom. The first kappa shape index (κ1) is 9.30. The Balaban J connectivity index is 2.29. The van der Waals surface area contributed by atoms with E-state index in [2.05, 4.69) is 6.58 Å². The summed E-state index contributed by atoms with van der Waals surface area (Å²) in [6.45, 7) is 3.69. The molecular formula is C10H16O2. The summed E-state index contributed by atoms with van der Waals surface area (Å²) in [6, 6.07) is 0. The molecule has 0 aromatic rings. The van der Waals surface area contributed by atoms with Crippen molar-refractivity contribution in [2.45, 2.75) is 32.1 Å². The van der Waals surface area contributed by atoms with E-state index < -0.39 is 5.97 Å². The first-order chi connectivity index (χ1) is 5.74. The minimum atomic E-state index is -0.618. The van der Waals surface area contributed by atoms with Crippen LogP contribution in [0.25, 0.3) is 0 Å². The normalized spacial score (nSPS) is 29.7. The van der Waals surface area contributed by atoms with Crippen molar-refractivity contribution in [3.8, 4) is 0 Å². The molecule has 1 fully saturated rings. The number of hydrogen-bond donors (Lipinski definition) is 1. The summed E-state index contributed by atoms with van der Waals surface area (Å²) in [5, 5.41) is 8.73. The standard InChI is InChI=1S/C10H16O2/c1-2-3-8-4-6-9(7-5-8)10(11)12/h2,8-9H,1,3-7H2,(H,11,12). The smallest absolute Gasteiger partial charge is 0.306 e. The zero-order valence-electron chi connectivity index (χ0n) is 7.33. The van der Waals surface area contributed by atoms with Crippen LogP contribution in [-0.2, 0) is 4.79 Å². The van der Waals surface area contributed by atoms with E-state index in [0.29, 0.717) is 5.92 Å². The number of aliphatic carboxylic acids is 1. The van der Waals surface area contributed by atoms with Gasteiger partial charge in [0, 0.05) is 0 Å². The van der Waals surface area contributed by atoms with E-state index in [1.807, 2.05) is 6.08 Å². The zero-order valence-corrected chi connectivity index (χ0v) is 7.33. The molecule has 0 radical (unpaired) electrons. The van der Waals surface area contributed by atoms with Gasteiger partial charge in [0.1, 0.15) is 0 Å². The number of allylic oxidation sites excluding steroid dienone is 1. The molecule has 2 heteroatoms. The first-order valence-corrected chi connectivity index (χ1v) is 4.57. The third-order valence-electron chi connectivity index (χ3n) is 2.70. The van der Waals surface area contributed by atoms with Crippen LogP contribution in [0.4, 0.5) is 0 Å². The van der Waals surface area contributed by atoms with Gasteiger partial charge in [0.05, 0.1) is 5.92 Å². The fraction of sp³-hybridized carbons (Fsp3) is 0.700. The van der Waals surface area contributed by atoms with Crippen molar-refractivity contribution < 1.29 is 9.90 Å². The van der Waals surface area contributed by atoms with Crippen molar-refractivity contribution in [2.24, 2.45) is 11.8 Å². The van der Waals surface area contributed by atoms with E-state index in [1.165, 1.54) is 0 Å². The Hall–Kier alpha value is -0.790. The summed E-state index contributed by atoms with van der Waals surface area (Å²) in [6.07, 6.45) is 6.81. The quantitative estimate of drug-likeness (QED) is 0.657. The molecule has 2 nitrogen and oxygen atoms in total. The second kappa shape index (κ2) is 4.29. The van der Waals surface area contributed by atoms with Crippen LogP contribution < -0.4 is 0 Å². The molecule has 1 rings (SSSR count). The maximum absolute atomic E-state index is 10.6. The fourth-order valence-electron chi connectivity index (χ4n) is 1.88. The van der Waals surface area contributed by atoms with Gasteiger partial charge in [-0.05, 0) is 38.0 Å². The maximum Gasteiger partial charge on any atom is 0.306 e. The summed E-state index contributed by atoms with van der Waals surface area (Å²) < 4.78 is 0. The first-order valence-electron chi connectivity index (χ1n) is 4.57. The lowest BCUT2D eigenvalue weighted by Crippen LogP contribution is -2.20. The highest BCUT2D eigenvalue weighted by atomic mass is 16.4. The molecule has 68 valence electrons. The molecule has 1 aliphatic carbocycles. The number of rotatable bonds is 3. The lowest BCUT2D eigenvalue weighted by atomic mass is 9.81. The lowest BCUT2D eigenvalue weighted by Gasteiger charge is -2.24. The Labute approximate surface area is 73.3 Å². The van der Waals surface area contributed by atoms with E-state index >= 15 is 0 Å². The predicted molar refractivity (Wildman–Crippen MR) is 47.9 cm³/mol.